The van der Waals surface area contributed by atoms with Gasteiger partial charge in [-0.2, -0.15) is 0 Å². The van der Waals surface area contributed by atoms with Crippen molar-refractivity contribution in [3.05, 3.63) is 46.5 Å². The van der Waals surface area contributed by atoms with Gasteiger partial charge in [-0.25, -0.2) is 13.8 Å². The van der Waals surface area contributed by atoms with Crippen LogP contribution in [0.25, 0.3) is 0 Å². The van der Waals surface area contributed by atoms with Gasteiger partial charge in [0.05, 0.1) is 12.1 Å². The van der Waals surface area contributed by atoms with E-state index in [1.54, 1.807) is 5.38 Å². The third kappa shape index (κ3) is 3.10. The molecule has 0 atom stereocenters. The Bertz CT molecular complexity index is 583. The summed E-state index contributed by atoms with van der Waals surface area (Å²) >= 11 is 1.30. The number of hydrogen-bond donors (Lipinski definition) is 1. The van der Waals surface area contributed by atoms with Crippen molar-refractivity contribution < 1.29 is 13.6 Å². The van der Waals surface area contributed by atoms with E-state index in [1.807, 2.05) is 6.92 Å². The second-order valence-electron chi connectivity index (χ2n) is 3.75. The normalized spacial score (nSPS) is 10.4. The number of carbonyl (C=O) groups is 1. The molecule has 1 heterocycles. The van der Waals surface area contributed by atoms with Gasteiger partial charge in [0.1, 0.15) is 11.6 Å². The van der Waals surface area contributed by atoms with Crippen molar-refractivity contribution in [2.24, 2.45) is 0 Å². The van der Waals surface area contributed by atoms with Gasteiger partial charge in [0.15, 0.2) is 5.13 Å². The molecule has 1 amide bonds. The predicted molar refractivity (Wildman–Crippen MR) is 65.5 cm³/mol. The molecule has 2 rings (SSSR count). The summed E-state index contributed by atoms with van der Waals surface area (Å²) in [5, 5.41) is 4.83. The predicted octanol–water partition coefficient (Wildman–Crippen LogP) is 2.91. The van der Waals surface area contributed by atoms with E-state index in [0.29, 0.717) is 5.13 Å². The first kappa shape index (κ1) is 12.6. The Labute approximate surface area is 106 Å². The van der Waals surface area contributed by atoms with Gasteiger partial charge in [0.25, 0.3) is 0 Å². The van der Waals surface area contributed by atoms with Gasteiger partial charge in [-0.3, -0.25) is 4.79 Å². The van der Waals surface area contributed by atoms with Crippen molar-refractivity contribution in [2.75, 3.05) is 5.32 Å². The molecule has 1 aromatic carbocycles. The van der Waals surface area contributed by atoms with Crippen LogP contribution >= 0.6 is 11.3 Å². The highest BCUT2D eigenvalue weighted by molar-refractivity contribution is 7.13. The molecule has 2 aromatic rings. The van der Waals surface area contributed by atoms with Crippen molar-refractivity contribution in [2.45, 2.75) is 13.3 Å². The summed E-state index contributed by atoms with van der Waals surface area (Å²) in [7, 11) is 0. The fourth-order valence-corrected chi connectivity index (χ4v) is 2.12. The number of rotatable bonds is 3. The van der Waals surface area contributed by atoms with Crippen molar-refractivity contribution in [3.8, 4) is 0 Å². The number of hydrogen-bond acceptors (Lipinski definition) is 3. The molecule has 0 aliphatic rings. The summed E-state index contributed by atoms with van der Waals surface area (Å²) in [5.74, 6) is -1.76. The number of nitrogens with one attached hydrogen (secondary N) is 1. The van der Waals surface area contributed by atoms with Crippen molar-refractivity contribution in [1.29, 1.82) is 0 Å². The summed E-state index contributed by atoms with van der Waals surface area (Å²) in [4.78, 5) is 15.7. The summed E-state index contributed by atoms with van der Waals surface area (Å²) in [6, 6.07) is 3.15. The lowest BCUT2D eigenvalue weighted by Gasteiger charge is -2.03. The van der Waals surface area contributed by atoms with E-state index in [-0.39, 0.29) is 17.9 Å². The van der Waals surface area contributed by atoms with Gasteiger partial charge in [-0.1, -0.05) is 6.07 Å². The van der Waals surface area contributed by atoms with E-state index in [2.05, 4.69) is 10.3 Å². The zero-order valence-electron chi connectivity index (χ0n) is 9.54. The maximum absolute atomic E-state index is 13.3. The largest absolute Gasteiger partial charge is 0.302 e. The minimum absolute atomic E-state index is 0.148. The minimum atomic E-state index is -0.722. The molecule has 0 aliphatic carbocycles. The fraction of sp³-hybridized carbons (Fsp3) is 0.167. The van der Waals surface area contributed by atoms with E-state index >= 15 is 0 Å². The molecule has 0 saturated carbocycles. The highest BCUT2D eigenvalue weighted by atomic mass is 32.1. The Kier molecular flexibility index (Phi) is 3.66. The molecule has 0 bridgehead atoms. The zero-order valence-corrected chi connectivity index (χ0v) is 10.4. The minimum Gasteiger partial charge on any atom is -0.302 e. The van der Waals surface area contributed by atoms with Crippen LogP contribution in [0.15, 0.2) is 23.6 Å². The summed E-state index contributed by atoms with van der Waals surface area (Å²) in [6.45, 7) is 1.81. The number of nitrogens with zero attached hydrogens (tertiary/aromatic N) is 1. The average Bonchev–Trinajstić information content (AvgIpc) is 2.68. The number of halogens is 2. The number of amides is 1. The topological polar surface area (TPSA) is 42.0 Å². The van der Waals surface area contributed by atoms with Gasteiger partial charge < -0.3 is 5.32 Å². The van der Waals surface area contributed by atoms with Crippen molar-refractivity contribution in [3.63, 3.8) is 0 Å². The zero-order chi connectivity index (χ0) is 13.1. The molecule has 0 spiro atoms. The molecule has 18 heavy (non-hydrogen) atoms. The van der Waals surface area contributed by atoms with Gasteiger partial charge in [-0.15, -0.1) is 11.3 Å². The van der Waals surface area contributed by atoms with Crippen LogP contribution in [0.3, 0.4) is 0 Å². The highest BCUT2D eigenvalue weighted by Crippen LogP contribution is 2.15. The first-order valence-electron chi connectivity index (χ1n) is 5.20. The van der Waals surface area contributed by atoms with Crippen LogP contribution in [0.2, 0.25) is 0 Å². The first-order valence-corrected chi connectivity index (χ1v) is 6.08. The molecule has 0 radical (unpaired) electrons. The molecular weight excluding hydrogens is 258 g/mol. The number of aromatic nitrogens is 1. The number of thiazole rings is 1. The third-order valence-electron chi connectivity index (χ3n) is 2.23. The average molecular weight is 268 g/mol. The Balaban J connectivity index is 2.03. The van der Waals surface area contributed by atoms with Crippen LogP contribution in [0.5, 0.6) is 0 Å². The molecule has 0 fully saturated rings. The molecule has 0 aliphatic heterocycles. The Morgan fingerprint density at radius 3 is 2.83 bits per heavy atom. The number of benzene rings is 1. The van der Waals surface area contributed by atoms with E-state index < -0.39 is 11.6 Å². The lowest BCUT2D eigenvalue weighted by atomic mass is 10.1. The number of carbonyl (C=O) groups excluding carboxylic acids is 1. The van der Waals surface area contributed by atoms with Crippen LogP contribution in [0.1, 0.15) is 11.3 Å². The molecule has 0 saturated heterocycles. The summed E-state index contributed by atoms with van der Waals surface area (Å²) < 4.78 is 26.0. The lowest BCUT2D eigenvalue weighted by Crippen LogP contribution is -2.15. The highest BCUT2D eigenvalue weighted by Gasteiger charge is 2.10. The quantitative estimate of drug-likeness (QED) is 0.930. The van der Waals surface area contributed by atoms with Gasteiger partial charge >= 0.3 is 0 Å². The van der Waals surface area contributed by atoms with E-state index in [4.69, 9.17) is 0 Å². The Morgan fingerprint density at radius 2 is 2.22 bits per heavy atom. The molecule has 3 nitrogen and oxygen atoms in total. The van der Waals surface area contributed by atoms with Gasteiger partial charge in [0, 0.05) is 11.4 Å². The maximum Gasteiger partial charge on any atom is 0.230 e. The standard InChI is InChI=1S/C12H10F2N2OS/c1-7-6-18-12(15-7)16-11(17)4-8-2-3-9(13)5-10(8)14/h2-3,5-6H,4H2,1H3,(H,15,16,17). The molecule has 6 heteroatoms. The van der Waals surface area contributed by atoms with Crippen molar-refractivity contribution >= 4 is 22.4 Å². The van der Waals surface area contributed by atoms with Crippen LogP contribution in [-0.4, -0.2) is 10.9 Å². The second kappa shape index (κ2) is 5.22. The maximum atomic E-state index is 13.3. The number of aryl methyl sites for hydroxylation is 1. The first-order chi connectivity index (χ1) is 8.54. The summed E-state index contributed by atoms with van der Waals surface area (Å²) in [5.41, 5.74) is 0.963. The van der Waals surface area contributed by atoms with Crippen LogP contribution in [-0.2, 0) is 11.2 Å². The fourth-order valence-electron chi connectivity index (χ4n) is 1.41. The second-order valence-corrected chi connectivity index (χ2v) is 4.61. The Hall–Kier alpha value is -1.82. The number of anilines is 1. The Morgan fingerprint density at radius 1 is 1.44 bits per heavy atom. The monoisotopic (exact) mass is 268 g/mol. The molecule has 1 aromatic heterocycles. The smallest absolute Gasteiger partial charge is 0.230 e. The molecule has 94 valence electrons. The SMILES string of the molecule is Cc1csc(NC(=O)Cc2ccc(F)cc2F)n1. The van der Waals surface area contributed by atoms with Gasteiger partial charge in [0.2, 0.25) is 5.91 Å². The van der Waals surface area contributed by atoms with E-state index in [0.717, 1.165) is 17.8 Å². The van der Waals surface area contributed by atoms with Crippen LogP contribution < -0.4 is 5.32 Å². The molecular formula is C12H10F2N2OS. The molecule has 0 unspecified atom stereocenters. The third-order valence-corrected chi connectivity index (χ3v) is 3.11. The van der Waals surface area contributed by atoms with E-state index in [1.165, 1.54) is 17.4 Å². The van der Waals surface area contributed by atoms with Crippen LogP contribution in [0.4, 0.5) is 13.9 Å². The van der Waals surface area contributed by atoms with Crippen molar-refractivity contribution in [1.82, 2.24) is 4.98 Å². The van der Waals surface area contributed by atoms with Crippen LogP contribution in [0, 0.1) is 18.6 Å². The molecule has 1 N–H and O–H groups in total. The van der Waals surface area contributed by atoms with Gasteiger partial charge in [-0.05, 0) is 18.6 Å². The van der Waals surface area contributed by atoms with E-state index in [9.17, 15) is 13.6 Å². The summed E-state index contributed by atoms with van der Waals surface area (Å²) in [6.07, 6.45) is -0.148. The lowest BCUT2D eigenvalue weighted by molar-refractivity contribution is -0.115.